The average molecular weight is 481 g/mol. The lowest BCUT2D eigenvalue weighted by atomic mass is 9.92. The first-order valence-corrected chi connectivity index (χ1v) is 11.9. The predicted octanol–water partition coefficient (Wildman–Crippen LogP) is 7.28. The third-order valence-corrected chi connectivity index (χ3v) is 6.31. The maximum atomic E-state index is 12.9. The number of hydrogen-bond donors (Lipinski definition) is 1. The third kappa shape index (κ3) is 4.96. The van der Waals surface area contributed by atoms with Crippen LogP contribution in [0, 0.1) is 5.92 Å². The zero-order valence-corrected chi connectivity index (χ0v) is 20.3. The van der Waals surface area contributed by atoms with E-state index in [1.807, 2.05) is 72.8 Å². The van der Waals surface area contributed by atoms with Gasteiger partial charge in [-0.3, -0.25) is 4.79 Å². The fraction of sp³-hybridized carbons (Fsp3) is 0.138. The molecule has 0 aliphatic heterocycles. The van der Waals surface area contributed by atoms with Gasteiger partial charge in [0.15, 0.2) is 0 Å². The van der Waals surface area contributed by atoms with Crippen LogP contribution < -0.4 is 10.2 Å². The second kappa shape index (κ2) is 9.72. The summed E-state index contributed by atoms with van der Waals surface area (Å²) in [6.45, 7) is 2.19. The molecule has 0 saturated carbocycles. The van der Waals surface area contributed by atoms with Crippen LogP contribution in [0.2, 0.25) is 5.02 Å². The van der Waals surface area contributed by atoms with Crippen LogP contribution in [0.3, 0.4) is 0 Å². The minimum atomic E-state index is -0.0738. The summed E-state index contributed by atoms with van der Waals surface area (Å²) in [6, 6.07) is 22.6. The number of benzene rings is 3. The van der Waals surface area contributed by atoms with E-state index in [0.29, 0.717) is 22.5 Å². The summed E-state index contributed by atoms with van der Waals surface area (Å²) in [5, 5.41) is 4.89. The van der Waals surface area contributed by atoms with Crippen molar-refractivity contribution in [3.63, 3.8) is 0 Å². The molecule has 1 unspecified atom stereocenters. The number of rotatable bonds is 5. The Balaban J connectivity index is 1.43. The van der Waals surface area contributed by atoms with Gasteiger partial charge in [0.05, 0.1) is 11.2 Å². The highest BCUT2D eigenvalue weighted by Crippen LogP contribution is 2.33. The molecule has 35 heavy (non-hydrogen) atoms. The Morgan fingerprint density at radius 1 is 1.03 bits per heavy atom. The third-order valence-electron chi connectivity index (χ3n) is 6.08. The van der Waals surface area contributed by atoms with Crippen molar-refractivity contribution in [3.8, 4) is 0 Å². The molecule has 4 aromatic rings. The molecule has 0 spiro atoms. The first-order chi connectivity index (χ1) is 17.0. The highest BCUT2D eigenvalue weighted by Gasteiger charge is 2.17. The van der Waals surface area contributed by atoms with Crippen molar-refractivity contribution in [3.05, 3.63) is 107 Å². The molecular formula is C29H25ClN4O. The molecule has 0 bridgehead atoms. The zero-order chi connectivity index (χ0) is 24.4. The fourth-order valence-corrected chi connectivity index (χ4v) is 4.38. The normalized spacial score (nSPS) is 15.1. The molecule has 5 rings (SSSR count). The Morgan fingerprint density at radius 2 is 1.80 bits per heavy atom. The highest BCUT2D eigenvalue weighted by atomic mass is 35.5. The largest absolute Gasteiger partial charge is 0.324 e. The summed E-state index contributed by atoms with van der Waals surface area (Å²) in [5.41, 5.74) is 5.10. The average Bonchev–Trinajstić information content (AvgIpc) is 2.88. The van der Waals surface area contributed by atoms with Gasteiger partial charge in [-0.2, -0.15) is 0 Å². The molecule has 1 heterocycles. The number of carbonyl (C=O) groups is 1. The minimum absolute atomic E-state index is 0.0738. The van der Waals surface area contributed by atoms with Gasteiger partial charge in [-0.1, -0.05) is 55.0 Å². The van der Waals surface area contributed by atoms with Crippen molar-refractivity contribution in [2.45, 2.75) is 13.3 Å². The number of para-hydroxylation sites is 1. The summed E-state index contributed by atoms with van der Waals surface area (Å²) in [6.07, 6.45) is 7.28. The van der Waals surface area contributed by atoms with Crippen LogP contribution in [-0.4, -0.2) is 22.9 Å². The number of hydrogen-bond acceptors (Lipinski definition) is 4. The van der Waals surface area contributed by atoms with Gasteiger partial charge in [0.25, 0.3) is 5.91 Å². The van der Waals surface area contributed by atoms with Crippen LogP contribution in [-0.2, 0) is 0 Å². The van der Waals surface area contributed by atoms with Gasteiger partial charge in [-0.05, 0) is 72.5 Å². The van der Waals surface area contributed by atoms with E-state index in [0.717, 1.165) is 40.0 Å². The summed E-state index contributed by atoms with van der Waals surface area (Å²) in [7, 11) is 1.77. The molecule has 1 amide bonds. The smallest absolute Gasteiger partial charge is 0.258 e. The molecule has 6 heteroatoms. The molecule has 0 saturated heterocycles. The number of allylic oxidation sites excluding steroid dienone is 4. The van der Waals surface area contributed by atoms with E-state index in [2.05, 4.69) is 30.5 Å². The van der Waals surface area contributed by atoms with Gasteiger partial charge in [0, 0.05) is 34.4 Å². The Kier molecular flexibility index (Phi) is 6.34. The van der Waals surface area contributed by atoms with E-state index in [1.54, 1.807) is 11.9 Å². The number of nitrogens with one attached hydrogen (secondary N) is 1. The standard InChI is InChI=1S/C29H25ClN4O/c1-19-7-6-8-21(17-19)27-25-18-22(30)13-16-26(25)32-29(33-27)31-23-14-11-20(12-15-23)28(35)34(2)24-9-4-3-5-10-24/h3-16,18-19H,17H2,1-2H3,(H,31,32,33). The quantitative estimate of drug-likeness (QED) is 0.326. The fourth-order valence-electron chi connectivity index (χ4n) is 4.21. The minimum Gasteiger partial charge on any atom is -0.324 e. The van der Waals surface area contributed by atoms with Crippen molar-refractivity contribution >= 4 is 51.3 Å². The van der Waals surface area contributed by atoms with Crippen LogP contribution in [0.5, 0.6) is 0 Å². The van der Waals surface area contributed by atoms with Gasteiger partial charge in [0.1, 0.15) is 0 Å². The van der Waals surface area contributed by atoms with Crippen molar-refractivity contribution in [2.75, 3.05) is 17.3 Å². The van der Waals surface area contributed by atoms with Crippen molar-refractivity contribution < 1.29 is 4.79 Å². The number of amides is 1. The van der Waals surface area contributed by atoms with Crippen LogP contribution in [0.1, 0.15) is 29.4 Å². The second-order valence-electron chi connectivity index (χ2n) is 8.72. The number of aromatic nitrogens is 2. The Hall–Kier alpha value is -3.96. The highest BCUT2D eigenvalue weighted by molar-refractivity contribution is 6.31. The molecule has 1 atom stereocenters. The van der Waals surface area contributed by atoms with Crippen LogP contribution in [0.4, 0.5) is 17.3 Å². The predicted molar refractivity (Wildman–Crippen MR) is 144 cm³/mol. The van der Waals surface area contributed by atoms with E-state index in [4.69, 9.17) is 21.6 Å². The monoisotopic (exact) mass is 480 g/mol. The number of fused-ring (bicyclic) bond motifs is 1. The van der Waals surface area contributed by atoms with Gasteiger partial charge < -0.3 is 10.2 Å². The summed E-state index contributed by atoms with van der Waals surface area (Å²) < 4.78 is 0. The number of halogens is 1. The SMILES string of the molecule is CC1C=CC=C(c2nc(Nc3ccc(C(=O)N(C)c4ccccc4)cc3)nc3ccc(Cl)cc23)C1. The van der Waals surface area contributed by atoms with Crippen LogP contribution in [0.25, 0.3) is 16.5 Å². The second-order valence-corrected chi connectivity index (χ2v) is 9.15. The van der Waals surface area contributed by atoms with Gasteiger partial charge in [-0.25, -0.2) is 9.97 Å². The Bertz CT molecular complexity index is 1450. The molecular weight excluding hydrogens is 456 g/mol. The number of nitrogens with zero attached hydrogens (tertiary/aromatic N) is 3. The topological polar surface area (TPSA) is 58.1 Å². The zero-order valence-electron chi connectivity index (χ0n) is 19.6. The lowest BCUT2D eigenvalue weighted by Crippen LogP contribution is -2.26. The van der Waals surface area contributed by atoms with Gasteiger partial charge in [-0.15, -0.1) is 0 Å². The van der Waals surface area contributed by atoms with Crippen molar-refractivity contribution in [2.24, 2.45) is 5.92 Å². The summed E-state index contributed by atoms with van der Waals surface area (Å²) in [5.74, 6) is 0.864. The summed E-state index contributed by atoms with van der Waals surface area (Å²) >= 11 is 6.29. The van der Waals surface area contributed by atoms with Crippen LogP contribution in [0.15, 0.2) is 91.0 Å². The van der Waals surface area contributed by atoms with E-state index in [9.17, 15) is 4.79 Å². The molecule has 1 aliphatic rings. The number of anilines is 3. The first kappa shape index (κ1) is 22.8. The maximum absolute atomic E-state index is 12.9. The Labute approximate surface area is 209 Å². The van der Waals surface area contributed by atoms with E-state index in [1.165, 1.54) is 0 Å². The molecule has 1 aromatic heterocycles. The molecule has 0 fully saturated rings. The number of carbonyl (C=O) groups excluding carboxylic acids is 1. The summed E-state index contributed by atoms with van der Waals surface area (Å²) in [4.78, 5) is 24.1. The van der Waals surface area contributed by atoms with E-state index >= 15 is 0 Å². The molecule has 174 valence electrons. The first-order valence-electron chi connectivity index (χ1n) is 11.5. The van der Waals surface area contributed by atoms with Crippen molar-refractivity contribution in [1.29, 1.82) is 0 Å². The molecule has 3 aromatic carbocycles. The maximum Gasteiger partial charge on any atom is 0.258 e. The lowest BCUT2D eigenvalue weighted by molar-refractivity contribution is 0.0993. The van der Waals surface area contributed by atoms with Gasteiger partial charge in [0.2, 0.25) is 5.95 Å². The molecule has 5 nitrogen and oxygen atoms in total. The van der Waals surface area contributed by atoms with Crippen LogP contribution >= 0.6 is 11.6 Å². The van der Waals surface area contributed by atoms with E-state index < -0.39 is 0 Å². The molecule has 0 radical (unpaired) electrons. The molecule has 1 N–H and O–H groups in total. The Morgan fingerprint density at radius 3 is 2.54 bits per heavy atom. The lowest BCUT2D eigenvalue weighted by Gasteiger charge is -2.18. The van der Waals surface area contributed by atoms with E-state index in [-0.39, 0.29) is 5.91 Å². The molecule has 1 aliphatic carbocycles. The van der Waals surface area contributed by atoms with Crippen molar-refractivity contribution in [1.82, 2.24) is 9.97 Å². The van der Waals surface area contributed by atoms with Gasteiger partial charge >= 0.3 is 0 Å².